The molecule has 180 valence electrons. The van der Waals surface area contributed by atoms with E-state index in [4.69, 9.17) is 0 Å². The van der Waals surface area contributed by atoms with Crippen LogP contribution in [0.5, 0.6) is 0 Å². The maximum atomic E-state index is 14.2. The highest BCUT2D eigenvalue weighted by molar-refractivity contribution is 5.39. The Hall–Kier alpha value is -1.40. The highest BCUT2D eigenvalue weighted by atomic mass is 19.4. The topological polar surface area (TPSA) is 0 Å². The molecule has 0 saturated heterocycles. The van der Waals surface area contributed by atoms with Crippen LogP contribution in [0.3, 0.4) is 0 Å². The van der Waals surface area contributed by atoms with E-state index >= 15 is 0 Å². The van der Waals surface area contributed by atoms with Crippen LogP contribution < -0.4 is 0 Å². The lowest BCUT2D eigenvalue weighted by Gasteiger charge is -2.51. The third kappa shape index (κ3) is 2.22. The van der Waals surface area contributed by atoms with Gasteiger partial charge in [0.1, 0.15) is 0 Å². The minimum absolute atomic E-state index is 8.69. The second kappa shape index (κ2) is 5.69. The van der Waals surface area contributed by atoms with Crippen LogP contribution in [0.2, 0.25) is 0 Å². The highest BCUT2D eigenvalue weighted by Crippen LogP contribution is 2.88. The summed E-state index contributed by atoms with van der Waals surface area (Å²) in [4.78, 5) is 0. The molecule has 0 spiro atoms. The molecule has 1 rings (SSSR count). The van der Waals surface area contributed by atoms with Gasteiger partial charge in [-0.3, -0.25) is 0 Å². The molecule has 30 heavy (non-hydrogen) atoms. The molecule has 1 unspecified atom stereocenters. The molecule has 1 aliphatic rings. The van der Waals surface area contributed by atoms with Crippen molar-refractivity contribution in [3.8, 4) is 0 Å². The summed E-state index contributed by atoms with van der Waals surface area (Å²) in [6.07, 6.45) is -44.5. The Balaban J connectivity index is 4.86. The van der Waals surface area contributed by atoms with Crippen molar-refractivity contribution in [3.63, 3.8) is 0 Å². The smallest absolute Gasteiger partial charge is 0.225 e. The lowest BCUT2D eigenvalue weighted by atomic mass is 9.57. The van der Waals surface area contributed by atoms with Gasteiger partial charge in [0.2, 0.25) is 5.41 Å². The third-order valence-electron chi connectivity index (χ3n) is 4.47. The zero-order chi connectivity index (χ0) is 25.0. The van der Waals surface area contributed by atoms with Gasteiger partial charge in [-0.1, -0.05) is 0 Å². The van der Waals surface area contributed by atoms with Crippen molar-refractivity contribution in [3.05, 3.63) is 0 Å². The largest absolute Gasteiger partial charge is 0.430 e. The molecule has 0 amide bonds. The van der Waals surface area contributed by atoms with E-state index in [1.54, 1.807) is 0 Å². The first-order valence-electron chi connectivity index (χ1n) is 6.28. The van der Waals surface area contributed by atoms with E-state index in [1.165, 1.54) is 0 Å². The van der Waals surface area contributed by atoms with Crippen LogP contribution in [-0.2, 0) is 0 Å². The van der Waals surface area contributed by atoms with Gasteiger partial charge in [-0.15, -0.1) is 0 Å². The predicted molar refractivity (Wildman–Crippen MR) is 48.9 cm³/mol. The Kier molecular flexibility index (Phi) is 5.05. The first kappa shape index (κ1) is 26.6. The van der Waals surface area contributed by atoms with Gasteiger partial charge in [-0.25, -0.2) is 4.39 Å². The van der Waals surface area contributed by atoms with Gasteiger partial charge in [0.05, 0.1) is 0 Å². The van der Waals surface area contributed by atoms with Gasteiger partial charge in [0.25, 0.3) is 11.1 Å². The van der Waals surface area contributed by atoms with Gasteiger partial charge in [-0.2, -0.15) is 83.4 Å². The third-order valence-corrected chi connectivity index (χ3v) is 4.47. The summed E-state index contributed by atoms with van der Waals surface area (Å²) >= 11 is 0. The molecule has 1 fully saturated rings. The average molecular weight is 500 g/mol. The summed E-state index contributed by atoms with van der Waals surface area (Å²) in [5, 5.41) is 0. The van der Waals surface area contributed by atoms with Crippen molar-refractivity contribution in [1.82, 2.24) is 0 Å². The Bertz CT molecular complexity index is 649. The van der Waals surface area contributed by atoms with Crippen LogP contribution in [0.4, 0.5) is 87.8 Å². The molecule has 1 aliphatic carbocycles. The molecule has 1 atom stereocenters. The Morgan fingerprint density at radius 3 is 0.700 bits per heavy atom. The fourth-order valence-corrected chi connectivity index (χ4v) is 3.49. The molecule has 0 bridgehead atoms. The number of hydrogen-bond acceptors (Lipinski definition) is 0. The van der Waals surface area contributed by atoms with E-state index in [2.05, 4.69) is 0 Å². The summed E-state index contributed by atoms with van der Waals surface area (Å²) in [6, 6.07) is 0. The molecule has 0 radical (unpaired) electrons. The van der Waals surface area contributed by atoms with E-state index in [0.717, 1.165) is 0 Å². The molecule has 0 aliphatic heterocycles. The second-order valence-electron chi connectivity index (χ2n) is 5.80. The first-order chi connectivity index (χ1) is 12.5. The van der Waals surface area contributed by atoms with E-state index in [0.29, 0.717) is 0 Å². The first-order valence-corrected chi connectivity index (χ1v) is 6.28. The number of hydrogen-bond donors (Lipinski definition) is 0. The number of alkyl halides is 20. The van der Waals surface area contributed by atoms with E-state index in [-0.39, 0.29) is 0 Å². The van der Waals surface area contributed by atoms with Crippen molar-refractivity contribution < 1.29 is 87.8 Å². The summed E-state index contributed by atoms with van der Waals surface area (Å²) in [6.45, 7) is 0. The molecule has 0 N–H and O–H groups in total. The number of rotatable bonds is 0. The second-order valence-corrected chi connectivity index (χ2v) is 5.80. The molecule has 0 nitrogen and oxygen atoms in total. The van der Waals surface area contributed by atoms with E-state index in [1.807, 2.05) is 0 Å². The zero-order valence-corrected chi connectivity index (χ0v) is 12.6. The quantitative estimate of drug-likeness (QED) is 0.323. The van der Waals surface area contributed by atoms with Crippen LogP contribution in [0.1, 0.15) is 0 Å². The van der Waals surface area contributed by atoms with E-state index in [9.17, 15) is 87.8 Å². The van der Waals surface area contributed by atoms with Crippen molar-refractivity contribution in [2.45, 2.75) is 48.4 Å². The highest BCUT2D eigenvalue weighted by Gasteiger charge is 3.17. The molecule has 0 aromatic rings. The lowest BCUT2D eigenvalue weighted by molar-refractivity contribution is -0.512. The molecule has 20 heteroatoms. The van der Waals surface area contributed by atoms with Gasteiger partial charge in [-0.05, 0) is 0 Å². The fraction of sp³-hybridized carbons (Fsp3) is 1.00. The van der Waals surface area contributed by atoms with Crippen molar-refractivity contribution >= 4 is 0 Å². The maximum Gasteiger partial charge on any atom is 0.430 e. The number of halogens is 20. The zero-order valence-electron chi connectivity index (χ0n) is 12.6. The molecular formula is C10F20. The monoisotopic (exact) mass is 500 g/mol. The van der Waals surface area contributed by atoms with Crippen LogP contribution in [0, 0.1) is 10.8 Å². The maximum absolute atomic E-state index is 14.2. The Labute approximate surface area is 148 Å². The van der Waals surface area contributed by atoms with Gasteiger partial charge in [0.15, 0.2) is 0 Å². The van der Waals surface area contributed by atoms with Gasteiger partial charge in [0, 0.05) is 0 Å². The minimum atomic E-state index is -9.48. The van der Waals surface area contributed by atoms with Gasteiger partial charge >= 0.3 is 42.7 Å². The minimum Gasteiger partial charge on any atom is -0.225 e. The van der Waals surface area contributed by atoms with Crippen LogP contribution in [-0.4, -0.2) is 48.4 Å². The van der Waals surface area contributed by atoms with Crippen LogP contribution >= 0.6 is 0 Å². The molecule has 1 saturated carbocycles. The normalized spacial score (nSPS) is 29.2. The molecular weight excluding hydrogens is 500 g/mol. The summed E-state index contributed by atoms with van der Waals surface area (Å²) in [5.41, 5.74) is -28.0. The summed E-state index contributed by atoms with van der Waals surface area (Å²) < 4.78 is 263. The Morgan fingerprint density at radius 1 is 0.300 bits per heavy atom. The lowest BCUT2D eigenvalue weighted by Crippen LogP contribution is -2.78. The summed E-state index contributed by atoms with van der Waals surface area (Å²) in [5.74, 6) is -17.9. The van der Waals surface area contributed by atoms with Crippen molar-refractivity contribution in [1.29, 1.82) is 0 Å². The average Bonchev–Trinajstić information content (AvgIpc) is 2.46. The summed E-state index contributed by atoms with van der Waals surface area (Å²) in [7, 11) is 0. The van der Waals surface area contributed by atoms with Crippen LogP contribution in [0.25, 0.3) is 0 Å². The molecule has 0 aromatic heterocycles. The fourth-order valence-electron chi connectivity index (χ4n) is 3.49. The van der Waals surface area contributed by atoms with E-state index < -0.39 is 59.2 Å². The molecule has 0 heterocycles. The van der Waals surface area contributed by atoms with Gasteiger partial charge < -0.3 is 0 Å². The predicted octanol–water partition coefficient (Wildman–Crippen LogP) is 6.76. The van der Waals surface area contributed by atoms with Crippen molar-refractivity contribution in [2.24, 2.45) is 10.8 Å². The standard InChI is InChI=1S/C10F20/c11-3(10(28,29)30)1(6(16,17)18,7(19,20)21)2(8(22,23)24,9(25,26)27)4(12,13)5(3,14)15. The molecule has 0 aromatic carbocycles. The van der Waals surface area contributed by atoms with Crippen molar-refractivity contribution in [2.75, 3.05) is 0 Å². The van der Waals surface area contributed by atoms with Crippen LogP contribution in [0.15, 0.2) is 0 Å². The SMILES string of the molecule is FC(F)(F)C1(F)C(F)(F)C(F)(F)C(C(F)(F)F)(C(F)(F)F)C1(C(F)(F)F)C(F)(F)F. The Morgan fingerprint density at radius 2 is 0.533 bits per heavy atom.